The maximum absolute atomic E-state index is 12.5. The standard InChI is InChI=1S/C14H24N2OS/c1-10-2-4-11(5-3-10)14(17)16(12-6-7-12)9-8-13(15)18/h10-12H,2-9H2,1H3,(H2,15,18). The van der Waals surface area contributed by atoms with E-state index in [1.165, 1.54) is 12.8 Å². The first kappa shape index (κ1) is 13.8. The van der Waals surface area contributed by atoms with Crippen molar-refractivity contribution in [2.45, 2.75) is 57.9 Å². The Balaban J connectivity index is 1.89. The molecule has 2 saturated carbocycles. The zero-order chi connectivity index (χ0) is 13.1. The average Bonchev–Trinajstić information content (AvgIpc) is 3.14. The summed E-state index contributed by atoms with van der Waals surface area (Å²) in [6, 6.07) is 0.478. The van der Waals surface area contributed by atoms with Crippen molar-refractivity contribution in [3.05, 3.63) is 0 Å². The third kappa shape index (κ3) is 3.67. The number of nitrogens with two attached hydrogens (primary N) is 1. The van der Waals surface area contributed by atoms with Gasteiger partial charge < -0.3 is 10.6 Å². The predicted octanol–water partition coefficient (Wildman–Crippen LogP) is 2.48. The van der Waals surface area contributed by atoms with Crippen molar-refractivity contribution in [2.24, 2.45) is 17.6 Å². The molecule has 0 spiro atoms. The number of carbonyl (C=O) groups excluding carboxylic acids is 1. The predicted molar refractivity (Wildman–Crippen MR) is 77.3 cm³/mol. The van der Waals surface area contributed by atoms with Crippen LogP contribution in [-0.4, -0.2) is 28.4 Å². The van der Waals surface area contributed by atoms with E-state index in [1.54, 1.807) is 0 Å². The maximum atomic E-state index is 12.5. The number of thiocarbonyl (C=S) groups is 1. The number of hydrogen-bond acceptors (Lipinski definition) is 2. The molecule has 0 atom stereocenters. The highest BCUT2D eigenvalue weighted by atomic mass is 32.1. The Bertz CT molecular complexity index is 320. The molecule has 102 valence electrons. The van der Waals surface area contributed by atoms with Gasteiger partial charge in [0.1, 0.15) is 0 Å². The van der Waals surface area contributed by atoms with Gasteiger partial charge in [0.15, 0.2) is 0 Å². The molecule has 0 unspecified atom stereocenters. The lowest BCUT2D eigenvalue weighted by Crippen LogP contribution is -2.40. The van der Waals surface area contributed by atoms with Crippen LogP contribution in [0.3, 0.4) is 0 Å². The summed E-state index contributed by atoms with van der Waals surface area (Å²) in [6.45, 7) is 3.01. The quantitative estimate of drug-likeness (QED) is 0.779. The molecule has 0 aromatic carbocycles. The van der Waals surface area contributed by atoms with E-state index in [0.717, 1.165) is 38.1 Å². The third-order valence-electron chi connectivity index (χ3n) is 4.23. The smallest absolute Gasteiger partial charge is 0.225 e. The zero-order valence-electron chi connectivity index (χ0n) is 11.2. The number of nitrogens with zero attached hydrogens (tertiary/aromatic N) is 1. The number of rotatable bonds is 5. The van der Waals surface area contributed by atoms with Crippen LogP contribution in [-0.2, 0) is 4.79 Å². The Morgan fingerprint density at radius 3 is 2.33 bits per heavy atom. The minimum Gasteiger partial charge on any atom is -0.393 e. The number of hydrogen-bond donors (Lipinski definition) is 1. The van der Waals surface area contributed by atoms with Crippen LogP contribution in [0.5, 0.6) is 0 Å². The van der Waals surface area contributed by atoms with Gasteiger partial charge in [-0.05, 0) is 44.4 Å². The van der Waals surface area contributed by atoms with E-state index in [0.29, 0.717) is 23.4 Å². The number of carbonyl (C=O) groups is 1. The first-order valence-corrected chi connectivity index (χ1v) is 7.57. The summed E-state index contributed by atoms with van der Waals surface area (Å²) in [4.78, 5) is 15.1. The Hall–Kier alpha value is -0.640. The van der Waals surface area contributed by atoms with Gasteiger partial charge in [0.25, 0.3) is 0 Å². The van der Waals surface area contributed by atoms with E-state index in [4.69, 9.17) is 18.0 Å². The van der Waals surface area contributed by atoms with Crippen LogP contribution in [0, 0.1) is 11.8 Å². The van der Waals surface area contributed by atoms with Gasteiger partial charge in [0.2, 0.25) is 5.91 Å². The van der Waals surface area contributed by atoms with Crippen molar-refractivity contribution in [1.82, 2.24) is 4.90 Å². The molecule has 0 aromatic heterocycles. The summed E-state index contributed by atoms with van der Waals surface area (Å²) in [6.07, 6.45) is 7.51. The van der Waals surface area contributed by atoms with Crippen LogP contribution >= 0.6 is 12.2 Å². The minimum absolute atomic E-state index is 0.258. The van der Waals surface area contributed by atoms with Crippen molar-refractivity contribution in [2.75, 3.05) is 6.54 Å². The Labute approximate surface area is 115 Å². The lowest BCUT2D eigenvalue weighted by atomic mass is 9.82. The molecule has 0 aromatic rings. The van der Waals surface area contributed by atoms with Gasteiger partial charge in [-0.25, -0.2) is 0 Å². The largest absolute Gasteiger partial charge is 0.393 e. The monoisotopic (exact) mass is 268 g/mol. The molecule has 0 saturated heterocycles. The topological polar surface area (TPSA) is 46.3 Å². The summed E-state index contributed by atoms with van der Waals surface area (Å²) < 4.78 is 0. The molecule has 2 fully saturated rings. The van der Waals surface area contributed by atoms with Gasteiger partial charge in [-0.15, -0.1) is 0 Å². The summed E-state index contributed by atoms with van der Waals surface area (Å²) >= 11 is 4.92. The summed E-state index contributed by atoms with van der Waals surface area (Å²) in [7, 11) is 0. The van der Waals surface area contributed by atoms with Gasteiger partial charge in [-0.1, -0.05) is 19.1 Å². The molecule has 3 nitrogen and oxygen atoms in total. The molecule has 4 heteroatoms. The Morgan fingerprint density at radius 1 is 1.22 bits per heavy atom. The van der Waals surface area contributed by atoms with Crippen molar-refractivity contribution >= 4 is 23.1 Å². The van der Waals surface area contributed by atoms with E-state index < -0.39 is 0 Å². The summed E-state index contributed by atoms with van der Waals surface area (Å²) in [5.41, 5.74) is 5.55. The molecule has 0 radical (unpaired) electrons. The Morgan fingerprint density at radius 2 is 1.83 bits per heavy atom. The SMILES string of the molecule is CC1CCC(C(=O)N(CCC(N)=S)C2CC2)CC1. The maximum Gasteiger partial charge on any atom is 0.225 e. The van der Waals surface area contributed by atoms with Gasteiger partial charge in [0, 0.05) is 24.9 Å². The molecular weight excluding hydrogens is 244 g/mol. The second kappa shape index (κ2) is 6.00. The second-order valence-electron chi connectivity index (χ2n) is 5.94. The van der Waals surface area contributed by atoms with Crippen LogP contribution in [0.2, 0.25) is 0 Å². The van der Waals surface area contributed by atoms with Gasteiger partial charge in [-0.2, -0.15) is 0 Å². The molecule has 1 amide bonds. The van der Waals surface area contributed by atoms with Gasteiger partial charge >= 0.3 is 0 Å². The summed E-state index contributed by atoms with van der Waals surface area (Å²) in [5.74, 6) is 1.41. The highest BCUT2D eigenvalue weighted by Crippen LogP contribution is 2.33. The molecule has 0 heterocycles. The van der Waals surface area contributed by atoms with Gasteiger partial charge in [0.05, 0.1) is 4.99 Å². The van der Waals surface area contributed by atoms with E-state index in [1.807, 2.05) is 0 Å². The van der Waals surface area contributed by atoms with Crippen molar-refractivity contribution in [3.8, 4) is 0 Å². The van der Waals surface area contributed by atoms with Crippen molar-refractivity contribution < 1.29 is 4.79 Å². The van der Waals surface area contributed by atoms with Crippen LogP contribution in [0.25, 0.3) is 0 Å². The van der Waals surface area contributed by atoms with Crippen molar-refractivity contribution in [3.63, 3.8) is 0 Å². The average molecular weight is 268 g/mol. The van der Waals surface area contributed by atoms with Crippen LogP contribution in [0.4, 0.5) is 0 Å². The van der Waals surface area contributed by atoms with E-state index in [9.17, 15) is 4.79 Å². The fourth-order valence-corrected chi connectivity index (χ4v) is 2.92. The van der Waals surface area contributed by atoms with E-state index >= 15 is 0 Å². The van der Waals surface area contributed by atoms with Gasteiger partial charge in [-0.3, -0.25) is 4.79 Å². The molecule has 2 rings (SSSR count). The van der Waals surface area contributed by atoms with Crippen LogP contribution < -0.4 is 5.73 Å². The van der Waals surface area contributed by atoms with Crippen LogP contribution in [0.1, 0.15) is 51.9 Å². The molecule has 2 aliphatic carbocycles. The molecular formula is C14H24N2OS. The molecule has 18 heavy (non-hydrogen) atoms. The summed E-state index contributed by atoms with van der Waals surface area (Å²) in [5, 5.41) is 0. The highest BCUT2D eigenvalue weighted by Gasteiger charge is 2.36. The normalized spacial score (nSPS) is 27.8. The Kier molecular flexibility index (Phi) is 4.60. The molecule has 0 aliphatic heterocycles. The molecule has 2 aliphatic rings. The van der Waals surface area contributed by atoms with Crippen molar-refractivity contribution in [1.29, 1.82) is 0 Å². The van der Waals surface area contributed by atoms with E-state index in [2.05, 4.69) is 11.8 Å². The third-order valence-corrected chi connectivity index (χ3v) is 4.44. The second-order valence-corrected chi connectivity index (χ2v) is 6.46. The molecule has 0 bridgehead atoms. The highest BCUT2D eigenvalue weighted by molar-refractivity contribution is 7.80. The fourth-order valence-electron chi connectivity index (χ4n) is 2.83. The minimum atomic E-state index is 0.258. The lowest BCUT2D eigenvalue weighted by Gasteiger charge is -2.31. The van der Waals surface area contributed by atoms with E-state index in [-0.39, 0.29) is 5.92 Å². The van der Waals surface area contributed by atoms with Crippen LogP contribution in [0.15, 0.2) is 0 Å². The first-order valence-electron chi connectivity index (χ1n) is 7.16. The zero-order valence-corrected chi connectivity index (χ0v) is 12.0. The lowest BCUT2D eigenvalue weighted by molar-refractivity contribution is -0.137. The molecule has 2 N–H and O–H groups in total. The number of amides is 1. The fraction of sp³-hybridized carbons (Fsp3) is 0.857. The first-order chi connectivity index (χ1) is 8.58.